The summed E-state index contributed by atoms with van der Waals surface area (Å²) in [5, 5.41) is 12.6. The molecule has 0 spiro atoms. The highest BCUT2D eigenvalue weighted by Gasteiger charge is 2.35. The molecule has 1 heterocycles. The Morgan fingerprint density at radius 3 is 2.42 bits per heavy atom. The zero-order chi connectivity index (χ0) is 14.5. The molecule has 0 aromatic carbocycles. The van der Waals surface area contributed by atoms with Crippen molar-refractivity contribution in [1.82, 2.24) is 5.32 Å². The Morgan fingerprint density at radius 1 is 1.37 bits per heavy atom. The molecule has 5 nitrogen and oxygen atoms in total. The monoisotopic (exact) mass is 285 g/mol. The molecule has 106 valence electrons. The maximum Gasteiger partial charge on any atom is 0.311 e. The van der Waals surface area contributed by atoms with E-state index in [4.69, 9.17) is 4.42 Å². The van der Waals surface area contributed by atoms with E-state index >= 15 is 0 Å². The first-order valence-corrected chi connectivity index (χ1v) is 7.37. The number of carboxylic acid groups (broad SMARTS) is 1. The van der Waals surface area contributed by atoms with Gasteiger partial charge in [-0.1, -0.05) is 25.6 Å². The predicted octanol–water partition coefficient (Wildman–Crippen LogP) is 2.62. The third-order valence-electron chi connectivity index (χ3n) is 3.40. The van der Waals surface area contributed by atoms with Crippen LogP contribution in [-0.4, -0.2) is 29.8 Å². The van der Waals surface area contributed by atoms with E-state index in [1.165, 1.54) is 11.8 Å². The summed E-state index contributed by atoms with van der Waals surface area (Å²) in [6.07, 6.45) is 2.78. The van der Waals surface area contributed by atoms with Crippen LogP contribution in [0.25, 0.3) is 0 Å². The number of thioether (sulfide) groups is 1. The Hall–Kier alpha value is -1.43. The normalized spacial score (nSPS) is 11.3. The van der Waals surface area contributed by atoms with E-state index in [2.05, 4.69) is 5.32 Å². The molecule has 0 aliphatic rings. The number of hydrogen-bond acceptors (Lipinski definition) is 4. The molecule has 0 saturated carbocycles. The van der Waals surface area contributed by atoms with Crippen molar-refractivity contribution >= 4 is 23.6 Å². The minimum atomic E-state index is -0.912. The molecule has 1 amide bonds. The predicted molar refractivity (Wildman–Crippen MR) is 73.5 cm³/mol. The molecule has 1 aromatic rings. The van der Waals surface area contributed by atoms with Crippen LogP contribution in [0.3, 0.4) is 0 Å². The van der Waals surface area contributed by atoms with E-state index in [1.54, 1.807) is 12.1 Å². The van der Waals surface area contributed by atoms with Gasteiger partial charge < -0.3 is 14.8 Å². The molecule has 0 radical (unpaired) electrons. The Kier molecular flexibility index (Phi) is 5.47. The number of aliphatic carboxylic acids is 1. The van der Waals surface area contributed by atoms with Gasteiger partial charge in [-0.2, -0.15) is 0 Å². The molecule has 6 heteroatoms. The number of hydrogen-bond donors (Lipinski definition) is 2. The highest BCUT2D eigenvalue weighted by atomic mass is 32.2. The molecule has 0 unspecified atom stereocenters. The summed E-state index contributed by atoms with van der Waals surface area (Å²) >= 11 is 1.40. The Balaban J connectivity index is 2.69. The lowest BCUT2D eigenvalue weighted by molar-refractivity contribution is -0.149. The lowest BCUT2D eigenvalue weighted by Gasteiger charge is -2.26. The summed E-state index contributed by atoms with van der Waals surface area (Å²) in [6, 6.07) is 3.30. The number of amides is 1. The van der Waals surface area contributed by atoms with Gasteiger partial charge in [-0.25, -0.2) is 0 Å². The van der Waals surface area contributed by atoms with Crippen molar-refractivity contribution in [3.63, 3.8) is 0 Å². The van der Waals surface area contributed by atoms with Crippen molar-refractivity contribution in [2.24, 2.45) is 5.41 Å². The zero-order valence-electron chi connectivity index (χ0n) is 11.4. The molecular formula is C13H19NO4S. The van der Waals surface area contributed by atoms with Crippen molar-refractivity contribution in [2.75, 3.05) is 12.8 Å². The zero-order valence-corrected chi connectivity index (χ0v) is 12.2. The second kappa shape index (κ2) is 6.65. The van der Waals surface area contributed by atoms with Crippen LogP contribution in [0.5, 0.6) is 0 Å². The third kappa shape index (κ3) is 3.53. The van der Waals surface area contributed by atoms with Gasteiger partial charge in [0.15, 0.2) is 10.9 Å². The van der Waals surface area contributed by atoms with Crippen LogP contribution in [-0.2, 0) is 4.79 Å². The van der Waals surface area contributed by atoms with Crippen molar-refractivity contribution in [1.29, 1.82) is 0 Å². The Labute approximate surface area is 116 Å². The average Bonchev–Trinajstić information content (AvgIpc) is 2.88. The average molecular weight is 285 g/mol. The molecular weight excluding hydrogens is 266 g/mol. The first-order valence-electron chi connectivity index (χ1n) is 6.14. The van der Waals surface area contributed by atoms with Gasteiger partial charge in [0.2, 0.25) is 0 Å². The van der Waals surface area contributed by atoms with Gasteiger partial charge in [0.1, 0.15) is 0 Å². The van der Waals surface area contributed by atoms with Crippen molar-refractivity contribution < 1.29 is 19.1 Å². The van der Waals surface area contributed by atoms with E-state index in [9.17, 15) is 14.7 Å². The van der Waals surface area contributed by atoms with E-state index in [0.717, 1.165) is 0 Å². The molecule has 0 aliphatic carbocycles. The number of furan rings is 1. The van der Waals surface area contributed by atoms with Crippen LogP contribution < -0.4 is 5.32 Å². The molecule has 0 atom stereocenters. The van der Waals surface area contributed by atoms with Crippen LogP contribution in [0, 0.1) is 5.41 Å². The molecule has 0 fully saturated rings. The number of nitrogens with one attached hydrogen (secondary N) is 1. The molecule has 0 bridgehead atoms. The van der Waals surface area contributed by atoms with E-state index in [-0.39, 0.29) is 18.2 Å². The summed E-state index contributed by atoms with van der Waals surface area (Å²) < 4.78 is 5.29. The highest BCUT2D eigenvalue weighted by Crippen LogP contribution is 2.26. The van der Waals surface area contributed by atoms with E-state index in [0.29, 0.717) is 17.9 Å². The maximum absolute atomic E-state index is 11.9. The maximum atomic E-state index is 11.9. The lowest BCUT2D eigenvalue weighted by Crippen LogP contribution is -2.42. The van der Waals surface area contributed by atoms with Crippen molar-refractivity contribution in [3.8, 4) is 0 Å². The molecule has 0 aliphatic heterocycles. The van der Waals surface area contributed by atoms with Crippen LogP contribution in [0.2, 0.25) is 0 Å². The molecule has 2 N–H and O–H groups in total. The van der Waals surface area contributed by atoms with Gasteiger partial charge in [-0.3, -0.25) is 9.59 Å². The molecule has 0 saturated heterocycles. The second-order valence-corrected chi connectivity index (χ2v) is 5.11. The summed E-state index contributed by atoms with van der Waals surface area (Å²) in [4.78, 5) is 23.2. The number of rotatable bonds is 7. The summed E-state index contributed by atoms with van der Waals surface area (Å²) in [5.74, 6) is -1.06. The fraction of sp³-hybridized carbons (Fsp3) is 0.538. The SMILES string of the molecule is CCC(CC)(CNC(=O)c1ccc(SC)o1)C(=O)O. The number of carbonyl (C=O) groups excluding carboxylic acids is 1. The quantitative estimate of drug-likeness (QED) is 0.753. The minimum Gasteiger partial charge on any atom is -0.481 e. The van der Waals surface area contributed by atoms with Crippen LogP contribution in [0.1, 0.15) is 37.2 Å². The molecule has 19 heavy (non-hydrogen) atoms. The summed E-state index contributed by atoms with van der Waals surface area (Å²) in [6.45, 7) is 3.72. The standard InChI is InChI=1S/C13H19NO4S/c1-4-13(5-2,12(16)17)8-14-11(15)9-6-7-10(18-9)19-3/h6-7H,4-5,8H2,1-3H3,(H,14,15)(H,16,17). The fourth-order valence-corrected chi connectivity index (χ4v) is 2.14. The molecule has 1 rings (SSSR count). The lowest BCUT2D eigenvalue weighted by atomic mass is 9.82. The van der Waals surface area contributed by atoms with Gasteiger partial charge in [-0.15, -0.1) is 0 Å². The summed E-state index contributed by atoms with van der Waals surface area (Å²) in [5.41, 5.74) is -0.912. The fourth-order valence-electron chi connectivity index (χ4n) is 1.77. The van der Waals surface area contributed by atoms with Gasteiger partial charge >= 0.3 is 5.97 Å². The van der Waals surface area contributed by atoms with E-state index in [1.807, 2.05) is 20.1 Å². The number of carboxylic acids is 1. The van der Waals surface area contributed by atoms with Gasteiger partial charge in [0.05, 0.1) is 5.41 Å². The van der Waals surface area contributed by atoms with Crippen molar-refractivity contribution in [3.05, 3.63) is 17.9 Å². The second-order valence-electron chi connectivity index (χ2n) is 4.30. The topological polar surface area (TPSA) is 79.5 Å². The Morgan fingerprint density at radius 2 is 2.00 bits per heavy atom. The van der Waals surface area contributed by atoms with Gasteiger partial charge in [-0.05, 0) is 31.2 Å². The first-order chi connectivity index (χ1) is 8.99. The van der Waals surface area contributed by atoms with Crippen molar-refractivity contribution in [2.45, 2.75) is 31.8 Å². The first kappa shape index (κ1) is 15.6. The van der Waals surface area contributed by atoms with E-state index < -0.39 is 11.4 Å². The summed E-state index contributed by atoms with van der Waals surface area (Å²) in [7, 11) is 0. The third-order valence-corrected chi connectivity index (χ3v) is 4.02. The van der Waals surface area contributed by atoms with Crippen LogP contribution >= 0.6 is 11.8 Å². The minimum absolute atomic E-state index is 0.101. The van der Waals surface area contributed by atoms with Crippen LogP contribution in [0.15, 0.2) is 21.6 Å². The largest absolute Gasteiger partial charge is 0.481 e. The highest BCUT2D eigenvalue weighted by molar-refractivity contribution is 7.98. The smallest absolute Gasteiger partial charge is 0.311 e. The Bertz CT molecular complexity index is 451. The van der Waals surface area contributed by atoms with Gasteiger partial charge in [0, 0.05) is 6.54 Å². The van der Waals surface area contributed by atoms with Gasteiger partial charge in [0.25, 0.3) is 5.91 Å². The van der Waals surface area contributed by atoms with Crippen LogP contribution in [0.4, 0.5) is 0 Å². The molecule has 1 aromatic heterocycles. The number of carbonyl (C=O) groups is 2.